The van der Waals surface area contributed by atoms with E-state index in [9.17, 15) is 0 Å². The number of aromatic nitrogens is 1. The maximum atomic E-state index is 5.15. The van der Waals surface area contributed by atoms with Crippen molar-refractivity contribution < 1.29 is 0 Å². The van der Waals surface area contributed by atoms with Crippen LogP contribution in [-0.4, -0.2) is 4.57 Å². The SMILES string of the molecule is Cc1sc(=NN)n(C)c1C. The lowest BCUT2D eigenvalue weighted by Gasteiger charge is -1.92. The number of nitrogens with two attached hydrogens (primary N) is 1. The summed E-state index contributed by atoms with van der Waals surface area (Å²) in [6, 6.07) is 0. The smallest absolute Gasteiger partial charge is 0.207 e. The van der Waals surface area contributed by atoms with E-state index in [1.165, 1.54) is 10.6 Å². The molecule has 0 saturated heterocycles. The Morgan fingerprint density at radius 1 is 1.50 bits per heavy atom. The summed E-state index contributed by atoms with van der Waals surface area (Å²) in [6.07, 6.45) is 0. The molecule has 0 radical (unpaired) electrons. The van der Waals surface area contributed by atoms with Crippen LogP contribution in [0.25, 0.3) is 0 Å². The fourth-order valence-electron chi connectivity index (χ4n) is 0.772. The molecule has 0 aromatic carbocycles. The fourth-order valence-corrected chi connectivity index (χ4v) is 1.66. The van der Waals surface area contributed by atoms with Crippen molar-refractivity contribution in [1.82, 2.24) is 4.57 Å². The van der Waals surface area contributed by atoms with Crippen molar-refractivity contribution in [3.63, 3.8) is 0 Å². The van der Waals surface area contributed by atoms with Gasteiger partial charge in [0.15, 0.2) is 0 Å². The van der Waals surface area contributed by atoms with Crippen molar-refractivity contribution in [1.29, 1.82) is 0 Å². The van der Waals surface area contributed by atoms with Gasteiger partial charge in [0.2, 0.25) is 4.80 Å². The number of aryl methyl sites for hydroxylation is 1. The highest BCUT2D eigenvalue weighted by Gasteiger charge is 1.99. The largest absolute Gasteiger partial charge is 0.323 e. The number of nitrogens with zero attached hydrogens (tertiary/aromatic N) is 2. The summed E-state index contributed by atoms with van der Waals surface area (Å²) in [4.78, 5) is 2.14. The molecule has 2 N–H and O–H groups in total. The van der Waals surface area contributed by atoms with Crippen molar-refractivity contribution in [3.05, 3.63) is 15.4 Å². The summed E-state index contributed by atoms with van der Waals surface area (Å²) in [5.41, 5.74) is 1.23. The van der Waals surface area contributed by atoms with Gasteiger partial charge < -0.3 is 10.4 Å². The summed E-state index contributed by atoms with van der Waals surface area (Å²) < 4.78 is 1.99. The molecule has 0 saturated carbocycles. The number of rotatable bonds is 0. The Morgan fingerprint density at radius 2 is 2.10 bits per heavy atom. The zero-order valence-corrected chi connectivity index (χ0v) is 7.20. The maximum absolute atomic E-state index is 5.15. The van der Waals surface area contributed by atoms with Gasteiger partial charge in [0.1, 0.15) is 0 Å². The lowest BCUT2D eigenvalue weighted by atomic mass is 10.4. The average Bonchev–Trinajstić information content (AvgIpc) is 2.17. The van der Waals surface area contributed by atoms with Gasteiger partial charge in [-0.3, -0.25) is 0 Å². The third-order valence-corrected chi connectivity index (χ3v) is 2.82. The van der Waals surface area contributed by atoms with Crippen molar-refractivity contribution in [2.75, 3.05) is 0 Å². The van der Waals surface area contributed by atoms with Crippen LogP contribution in [0.1, 0.15) is 10.6 Å². The highest BCUT2D eigenvalue weighted by Crippen LogP contribution is 2.06. The van der Waals surface area contributed by atoms with E-state index >= 15 is 0 Å². The maximum Gasteiger partial charge on any atom is 0.207 e. The van der Waals surface area contributed by atoms with Gasteiger partial charge in [-0.05, 0) is 13.8 Å². The molecule has 0 amide bonds. The van der Waals surface area contributed by atoms with Gasteiger partial charge in [-0.25, -0.2) is 0 Å². The van der Waals surface area contributed by atoms with Crippen LogP contribution in [0.4, 0.5) is 0 Å². The van der Waals surface area contributed by atoms with E-state index in [1.807, 2.05) is 11.6 Å². The molecule has 0 atom stereocenters. The number of hydrogen-bond donors (Lipinski definition) is 1. The van der Waals surface area contributed by atoms with Crippen molar-refractivity contribution in [2.45, 2.75) is 13.8 Å². The monoisotopic (exact) mass is 157 g/mol. The minimum Gasteiger partial charge on any atom is -0.323 e. The van der Waals surface area contributed by atoms with Crippen LogP contribution in [0.3, 0.4) is 0 Å². The van der Waals surface area contributed by atoms with Gasteiger partial charge in [-0.1, -0.05) is 0 Å². The molecular weight excluding hydrogens is 146 g/mol. The summed E-state index contributed by atoms with van der Waals surface area (Å²) in [7, 11) is 1.96. The first kappa shape index (κ1) is 7.34. The van der Waals surface area contributed by atoms with Crippen LogP contribution in [0.15, 0.2) is 5.10 Å². The minimum absolute atomic E-state index is 0.870. The summed E-state index contributed by atoms with van der Waals surface area (Å²) in [5.74, 6) is 5.15. The van der Waals surface area contributed by atoms with Crippen LogP contribution in [0.5, 0.6) is 0 Å². The molecule has 1 aromatic rings. The second kappa shape index (κ2) is 2.46. The van der Waals surface area contributed by atoms with E-state index in [0.717, 1.165) is 4.80 Å². The second-order valence-corrected chi connectivity index (χ2v) is 3.40. The molecule has 1 aromatic heterocycles. The molecule has 4 heteroatoms. The third-order valence-electron chi connectivity index (χ3n) is 1.65. The predicted molar refractivity (Wildman–Crippen MR) is 42.5 cm³/mol. The second-order valence-electron chi connectivity index (χ2n) is 2.21. The van der Waals surface area contributed by atoms with E-state index in [1.54, 1.807) is 11.3 Å². The Bertz CT molecular complexity index is 294. The molecule has 1 rings (SSSR count). The quantitative estimate of drug-likeness (QED) is 0.432. The van der Waals surface area contributed by atoms with E-state index in [0.29, 0.717) is 0 Å². The van der Waals surface area contributed by atoms with Crippen molar-refractivity contribution in [3.8, 4) is 0 Å². The molecule has 0 unspecified atom stereocenters. The van der Waals surface area contributed by atoms with Gasteiger partial charge in [-0.15, -0.1) is 11.3 Å². The van der Waals surface area contributed by atoms with Gasteiger partial charge in [-0.2, -0.15) is 5.10 Å². The van der Waals surface area contributed by atoms with E-state index in [2.05, 4.69) is 18.9 Å². The minimum atomic E-state index is 0.870. The molecule has 1 heterocycles. The highest BCUT2D eigenvalue weighted by atomic mass is 32.1. The van der Waals surface area contributed by atoms with Crippen LogP contribution >= 0.6 is 11.3 Å². The average molecular weight is 157 g/mol. The van der Waals surface area contributed by atoms with Gasteiger partial charge in [0, 0.05) is 17.6 Å². The third kappa shape index (κ3) is 0.945. The van der Waals surface area contributed by atoms with Gasteiger partial charge >= 0.3 is 0 Å². The van der Waals surface area contributed by atoms with E-state index in [4.69, 9.17) is 5.84 Å². The highest BCUT2D eigenvalue weighted by molar-refractivity contribution is 7.09. The van der Waals surface area contributed by atoms with E-state index in [-0.39, 0.29) is 0 Å². The topological polar surface area (TPSA) is 43.3 Å². The fraction of sp³-hybridized carbons (Fsp3) is 0.500. The molecular formula is C6H11N3S. The summed E-state index contributed by atoms with van der Waals surface area (Å²) >= 11 is 1.61. The van der Waals surface area contributed by atoms with Crippen molar-refractivity contribution in [2.24, 2.45) is 18.0 Å². The number of thiazole rings is 1. The molecule has 0 aliphatic rings. The lowest BCUT2D eigenvalue weighted by Crippen LogP contribution is -2.13. The molecule has 10 heavy (non-hydrogen) atoms. The molecule has 0 aliphatic carbocycles. The zero-order valence-electron chi connectivity index (χ0n) is 6.38. The normalized spacial score (nSPS) is 12.5. The standard InChI is InChI=1S/C6H11N3S/c1-4-5(2)10-6(8-7)9(4)3/h7H2,1-3H3. The molecule has 0 spiro atoms. The lowest BCUT2D eigenvalue weighted by molar-refractivity contribution is 0.815. The first-order chi connectivity index (χ1) is 4.66. The zero-order chi connectivity index (χ0) is 7.72. The number of hydrogen-bond acceptors (Lipinski definition) is 3. The molecule has 0 aliphatic heterocycles. The molecule has 0 fully saturated rings. The molecule has 3 nitrogen and oxygen atoms in total. The van der Waals surface area contributed by atoms with Crippen LogP contribution in [0.2, 0.25) is 0 Å². The Labute approximate surface area is 63.8 Å². The Hall–Kier alpha value is -0.770. The molecule has 0 bridgehead atoms. The Balaban J connectivity index is 3.46. The molecule has 56 valence electrons. The van der Waals surface area contributed by atoms with E-state index < -0.39 is 0 Å². The Kier molecular flexibility index (Phi) is 1.80. The van der Waals surface area contributed by atoms with Gasteiger partial charge in [0.25, 0.3) is 0 Å². The first-order valence-electron chi connectivity index (χ1n) is 3.03. The summed E-state index contributed by atoms with van der Waals surface area (Å²) in [5, 5.41) is 3.63. The van der Waals surface area contributed by atoms with Crippen molar-refractivity contribution >= 4 is 11.3 Å². The van der Waals surface area contributed by atoms with Gasteiger partial charge in [0.05, 0.1) is 0 Å². The van der Waals surface area contributed by atoms with Crippen LogP contribution < -0.4 is 10.6 Å². The first-order valence-corrected chi connectivity index (χ1v) is 3.85. The van der Waals surface area contributed by atoms with Crippen LogP contribution in [-0.2, 0) is 7.05 Å². The predicted octanol–water partition coefficient (Wildman–Crippen LogP) is 0.478. The summed E-state index contributed by atoms with van der Waals surface area (Å²) in [6.45, 7) is 4.12. The van der Waals surface area contributed by atoms with Crippen LogP contribution in [0, 0.1) is 13.8 Å². The Morgan fingerprint density at radius 3 is 2.30 bits per heavy atom.